The van der Waals surface area contributed by atoms with Crippen molar-refractivity contribution >= 4 is 33.2 Å². The molecule has 0 saturated carbocycles. The van der Waals surface area contributed by atoms with Crippen molar-refractivity contribution in [2.24, 2.45) is 0 Å². The van der Waals surface area contributed by atoms with Gasteiger partial charge in [0.05, 0.1) is 5.69 Å². The fourth-order valence-corrected chi connectivity index (χ4v) is 3.73. The molecule has 4 rings (SSSR count). The fourth-order valence-electron chi connectivity index (χ4n) is 3.34. The second-order valence-electron chi connectivity index (χ2n) is 6.83. The summed E-state index contributed by atoms with van der Waals surface area (Å²) < 4.78 is 2.83. The van der Waals surface area contributed by atoms with Gasteiger partial charge in [0.1, 0.15) is 6.04 Å². The van der Waals surface area contributed by atoms with Crippen LogP contribution in [-0.4, -0.2) is 20.2 Å². The Bertz CT molecular complexity index is 1100. The maximum Gasteiger partial charge on any atom is 0.183 e. The van der Waals surface area contributed by atoms with Crippen LogP contribution in [0.25, 0.3) is 5.69 Å². The lowest BCUT2D eigenvalue weighted by Gasteiger charge is -2.21. The van der Waals surface area contributed by atoms with E-state index < -0.39 is 0 Å². The molecule has 0 saturated heterocycles. The van der Waals surface area contributed by atoms with Gasteiger partial charge < -0.3 is 5.32 Å². The monoisotopic (exact) mass is 467 g/mol. The first-order chi connectivity index (χ1) is 14.0. The zero-order valence-corrected chi connectivity index (χ0v) is 18.3. The van der Waals surface area contributed by atoms with Gasteiger partial charge in [-0.15, -0.1) is 5.10 Å². The van der Waals surface area contributed by atoms with Crippen LogP contribution in [0.1, 0.15) is 28.6 Å². The Kier molecular flexibility index (Phi) is 5.65. The van der Waals surface area contributed by atoms with Crippen LogP contribution >= 0.6 is 27.5 Å². The van der Waals surface area contributed by atoms with E-state index in [1.165, 1.54) is 0 Å². The number of aromatic nitrogens is 4. The molecule has 1 aromatic heterocycles. The normalized spacial score (nSPS) is 12.0. The van der Waals surface area contributed by atoms with Crippen LogP contribution in [0.4, 0.5) is 5.69 Å². The number of anilines is 1. The van der Waals surface area contributed by atoms with Crippen LogP contribution in [0.3, 0.4) is 0 Å². The molecule has 4 aromatic rings. The first kappa shape index (κ1) is 19.6. The number of hydrogen-bond acceptors (Lipinski definition) is 4. The van der Waals surface area contributed by atoms with Crippen LogP contribution in [0.5, 0.6) is 0 Å². The summed E-state index contributed by atoms with van der Waals surface area (Å²) >= 11 is 9.56. The molecule has 0 aliphatic carbocycles. The molecule has 3 aromatic carbocycles. The van der Waals surface area contributed by atoms with Crippen LogP contribution < -0.4 is 5.32 Å². The molecule has 0 spiro atoms. The molecule has 0 unspecified atom stereocenters. The lowest BCUT2D eigenvalue weighted by Crippen LogP contribution is -2.19. The number of hydrogen-bond donors (Lipinski definition) is 1. The molecule has 0 radical (unpaired) electrons. The topological polar surface area (TPSA) is 55.6 Å². The number of tetrazole rings is 1. The summed E-state index contributed by atoms with van der Waals surface area (Å²) in [6.07, 6.45) is 0. The molecule has 7 heteroatoms. The van der Waals surface area contributed by atoms with Gasteiger partial charge in [-0.1, -0.05) is 57.9 Å². The lowest BCUT2D eigenvalue weighted by molar-refractivity contribution is 0.731. The van der Waals surface area contributed by atoms with Crippen LogP contribution in [-0.2, 0) is 0 Å². The highest BCUT2D eigenvalue weighted by Gasteiger charge is 2.23. The first-order valence-corrected chi connectivity index (χ1v) is 10.3. The van der Waals surface area contributed by atoms with Gasteiger partial charge in [0.2, 0.25) is 0 Å². The number of benzene rings is 3. The number of nitrogens with zero attached hydrogens (tertiary/aromatic N) is 4. The van der Waals surface area contributed by atoms with E-state index >= 15 is 0 Å². The Morgan fingerprint density at radius 2 is 1.59 bits per heavy atom. The van der Waals surface area contributed by atoms with Crippen molar-refractivity contribution in [1.29, 1.82) is 0 Å². The molecule has 1 atom stereocenters. The summed E-state index contributed by atoms with van der Waals surface area (Å²) in [5.74, 6) is 0.708. The van der Waals surface area contributed by atoms with Gasteiger partial charge in [0.15, 0.2) is 5.82 Å². The highest BCUT2D eigenvalue weighted by atomic mass is 79.9. The smallest absolute Gasteiger partial charge is 0.183 e. The predicted molar refractivity (Wildman–Crippen MR) is 120 cm³/mol. The maximum atomic E-state index is 6.05. The van der Waals surface area contributed by atoms with E-state index in [2.05, 4.69) is 74.9 Å². The average molecular weight is 469 g/mol. The van der Waals surface area contributed by atoms with Crippen LogP contribution in [0.15, 0.2) is 71.2 Å². The lowest BCUT2D eigenvalue weighted by atomic mass is 10.0. The third-order valence-electron chi connectivity index (χ3n) is 4.76. The summed E-state index contributed by atoms with van der Waals surface area (Å²) in [6, 6.07) is 21.7. The second-order valence-corrected chi connectivity index (χ2v) is 8.18. The molecule has 1 N–H and O–H groups in total. The molecule has 0 aliphatic rings. The summed E-state index contributed by atoms with van der Waals surface area (Å²) in [4.78, 5) is 0. The van der Waals surface area contributed by atoms with Crippen LogP contribution in [0, 0.1) is 13.8 Å². The molecule has 146 valence electrons. The Morgan fingerprint density at radius 1 is 0.931 bits per heavy atom. The van der Waals surface area contributed by atoms with Crippen molar-refractivity contribution in [3.8, 4) is 5.69 Å². The zero-order valence-electron chi connectivity index (χ0n) is 16.0. The third kappa shape index (κ3) is 4.18. The van der Waals surface area contributed by atoms with Gasteiger partial charge in [-0.3, -0.25) is 0 Å². The van der Waals surface area contributed by atoms with Gasteiger partial charge in [-0.2, -0.15) is 4.68 Å². The Balaban J connectivity index is 1.83. The van der Waals surface area contributed by atoms with Crippen molar-refractivity contribution in [2.75, 3.05) is 5.32 Å². The van der Waals surface area contributed by atoms with E-state index in [0.717, 1.165) is 32.5 Å². The summed E-state index contributed by atoms with van der Waals surface area (Å²) in [5, 5.41) is 16.9. The molecule has 1 heterocycles. The Hall–Kier alpha value is -2.70. The fraction of sp³-hybridized carbons (Fsp3) is 0.136. The quantitative estimate of drug-likeness (QED) is 0.396. The zero-order chi connectivity index (χ0) is 20.4. The van der Waals surface area contributed by atoms with E-state index in [4.69, 9.17) is 11.6 Å². The van der Waals surface area contributed by atoms with Gasteiger partial charge in [0, 0.05) is 15.2 Å². The van der Waals surface area contributed by atoms with Gasteiger partial charge in [0.25, 0.3) is 0 Å². The maximum absolute atomic E-state index is 6.05. The Morgan fingerprint density at radius 3 is 2.24 bits per heavy atom. The minimum Gasteiger partial charge on any atom is -0.371 e. The summed E-state index contributed by atoms with van der Waals surface area (Å²) in [6.45, 7) is 4.13. The SMILES string of the molecule is Cc1cccc(C)c1-n1nnnc1[C@@H](Nc1ccc(Cl)cc1)c1ccc(Br)cc1. The summed E-state index contributed by atoms with van der Waals surface area (Å²) in [7, 11) is 0. The molecule has 29 heavy (non-hydrogen) atoms. The highest BCUT2D eigenvalue weighted by Crippen LogP contribution is 2.29. The molecule has 0 aliphatic heterocycles. The largest absolute Gasteiger partial charge is 0.371 e. The van der Waals surface area contributed by atoms with E-state index in [1.807, 2.05) is 47.1 Å². The highest BCUT2D eigenvalue weighted by molar-refractivity contribution is 9.10. The van der Waals surface area contributed by atoms with Gasteiger partial charge in [-0.05, 0) is 77.4 Å². The standard InChI is InChI=1S/C22H19BrClN5/c1-14-4-3-5-15(2)21(14)29-22(26-27-28-29)20(16-6-8-17(23)9-7-16)25-19-12-10-18(24)11-13-19/h3-13,20,25H,1-2H3/t20-/m0/s1. The minimum atomic E-state index is -0.252. The van der Waals surface area contributed by atoms with Crippen molar-refractivity contribution in [3.63, 3.8) is 0 Å². The van der Waals surface area contributed by atoms with E-state index in [1.54, 1.807) is 0 Å². The van der Waals surface area contributed by atoms with E-state index in [9.17, 15) is 0 Å². The minimum absolute atomic E-state index is 0.252. The second kappa shape index (κ2) is 8.35. The number of rotatable bonds is 5. The number of aryl methyl sites for hydroxylation is 2. The molecule has 5 nitrogen and oxygen atoms in total. The van der Waals surface area contributed by atoms with Crippen molar-refractivity contribution in [3.05, 3.63) is 98.7 Å². The molecule has 0 bridgehead atoms. The van der Waals surface area contributed by atoms with Crippen LogP contribution in [0.2, 0.25) is 5.02 Å². The van der Waals surface area contributed by atoms with E-state index in [-0.39, 0.29) is 6.04 Å². The Labute approximate surface area is 182 Å². The van der Waals surface area contributed by atoms with E-state index in [0.29, 0.717) is 10.8 Å². The number of halogens is 2. The number of nitrogens with one attached hydrogen (secondary N) is 1. The average Bonchev–Trinajstić information content (AvgIpc) is 3.17. The number of para-hydroxylation sites is 1. The molecular formula is C22H19BrClN5. The van der Waals surface area contributed by atoms with Gasteiger partial charge >= 0.3 is 0 Å². The first-order valence-electron chi connectivity index (χ1n) is 9.15. The molecular weight excluding hydrogens is 450 g/mol. The van der Waals surface area contributed by atoms with Crippen molar-refractivity contribution in [1.82, 2.24) is 20.2 Å². The van der Waals surface area contributed by atoms with Crippen molar-refractivity contribution in [2.45, 2.75) is 19.9 Å². The third-order valence-corrected chi connectivity index (χ3v) is 5.54. The summed E-state index contributed by atoms with van der Waals surface area (Å²) in [5.41, 5.74) is 5.19. The predicted octanol–water partition coefficient (Wildman–Crippen LogP) is 5.90. The molecule has 0 amide bonds. The van der Waals surface area contributed by atoms with Gasteiger partial charge in [-0.25, -0.2) is 0 Å². The van der Waals surface area contributed by atoms with Crippen molar-refractivity contribution < 1.29 is 0 Å². The molecule has 0 fully saturated rings.